The summed E-state index contributed by atoms with van der Waals surface area (Å²) in [4.78, 5) is 2.21. The molecule has 2 atom stereocenters. The Balaban J connectivity index is 2.12. The molecule has 1 aromatic carbocycles. The summed E-state index contributed by atoms with van der Waals surface area (Å²) in [7, 11) is 2.07. The van der Waals surface area contributed by atoms with Crippen molar-refractivity contribution < 1.29 is 4.74 Å². The zero-order valence-corrected chi connectivity index (χ0v) is 11.2. The van der Waals surface area contributed by atoms with Crippen LogP contribution in [0.3, 0.4) is 0 Å². The fraction of sp³-hybridized carbons (Fsp3) is 0.500. The Hall–Kier alpha value is -0.320. The molecule has 0 spiro atoms. The average Bonchev–Trinajstić information content (AvgIpc) is 2.32. The molecule has 1 aliphatic heterocycles. The number of ether oxygens (including phenoxy) is 1. The van der Waals surface area contributed by atoms with Gasteiger partial charge in [0.05, 0.1) is 28.8 Å². The van der Waals surface area contributed by atoms with Gasteiger partial charge < -0.3 is 15.4 Å². The first-order valence-electron chi connectivity index (χ1n) is 5.58. The summed E-state index contributed by atoms with van der Waals surface area (Å²) < 4.78 is 5.69. The number of benzene rings is 1. The number of hydrogen-bond donors (Lipinski definition) is 1. The summed E-state index contributed by atoms with van der Waals surface area (Å²) in [5, 5.41) is 1.08. The minimum atomic E-state index is -0.174. The van der Waals surface area contributed by atoms with Crippen molar-refractivity contribution in [3.8, 4) is 0 Å². The van der Waals surface area contributed by atoms with E-state index in [0.29, 0.717) is 10.0 Å². The van der Waals surface area contributed by atoms with E-state index in [1.807, 2.05) is 12.1 Å². The van der Waals surface area contributed by atoms with Gasteiger partial charge in [-0.1, -0.05) is 29.3 Å². The molecule has 2 unspecified atom stereocenters. The second-order valence-corrected chi connectivity index (χ2v) is 5.19. The molecule has 0 radical (unpaired) electrons. The van der Waals surface area contributed by atoms with Crippen LogP contribution in [0.2, 0.25) is 10.0 Å². The molecule has 5 heteroatoms. The maximum Gasteiger partial charge on any atom is 0.0894 e. The van der Waals surface area contributed by atoms with E-state index >= 15 is 0 Å². The van der Waals surface area contributed by atoms with E-state index in [1.54, 1.807) is 6.07 Å². The predicted molar refractivity (Wildman–Crippen MR) is 70.6 cm³/mol. The summed E-state index contributed by atoms with van der Waals surface area (Å²) in [6, 6.07) is 5.31. The van der Waals surface area contributed by atoms with Gasteiger partial charge in [0, 0.05) is 13.1 Å². The molecule has 1 fully saturated rings. The van der Waals surface area contributed by atoms with Gasteiger partial charge in [-0.15, -0.1) is 0 Å². The van der Waals surface area contributed by atoms with Gasteiger partial charge in [-0.2, -0.15) is 0 Å². The van der Waals surface area contributed by atoms with E-state index in [0.717, 1.165) is 25.3 Å². The molecular weight excluding hydrogens is 259 g/mol. The Kier molecular flexibility index (Phi) is 4.28. The number of halogens is 2. The topological polar surface area (TPSA) is 38.5 Å². The highest BCUT2D eigenvalue weighted by Crippen LogP contribution is 2.27. The molecule has 1 aliphatic rings. The minimum absolute atomic E-state index is 0.00555. The van der Waals surface area contributed by atoms with E-state index in [2.05, 4.69) is 11.9 Å². The molecule has 2 N–H and O–H groups in total. The first-order valence-corrected chi connectivity index (χ1v) is 6.34. The molecule has 0 bridgehead atoms. The third-order valence-corrected chi connectivity index (χ3v) is 3.76. The molecule has 0 saturated carbocycles. The standard InChI is InChI=1S/C12H16Cl2N2O/c1-16-4-5-17-11(7-16)12(15)8-2-3-9(13)10(14)6-8/h2-3,6,11-12H,4-5,7,15H2,1H3. The van der Waals surface area contributed by atoms with E-state index in [4.69, 9.17) is 33.7 Å². The van der Waals surface area contributed by atoms with Crippen LogP contribution >= 0.6 is 23.2 Å². The minimum Gasteiger partial charge on any atom is -0.374 e. The fourth-order valence-electron chi connectivity index (χ4n) is 1.96. The zero-order chi connectivity index (χ0) is 12.4. The highest BCUT2D eigenvalue weighted by Gasteiger charge is 2.25. The smallest absolute Gasteiger partial charge is 0.0894 e. The summed E-state index contributed by atoms with van der Waals surface area (Å²) in [6.07, 6.45) is 0.00555. The third-order valence-electron chi connectivity index (χ3n) is 3.03. The lowest BCUT2D eigenvalue weighted by atomic mass is 10.0. The Labute approximate surface area is 111 Å². The van der Waals surface area contributed by atoms with Crippen molar-refractivity contribution in [2.75, 3.05) is 26.7 Å². The Bertz CT molecular complexity index is 400. The van der Waals surface area contributed by atoms with Crippen molar-refractivity contribution in [3.05, 3.63) is 33.8 Å². The summed E-state index contributed by atoms with van der Waals surface area (Å²) in [6.45, 7) is 2.50. The van der Waals surface area contributed by atoms with Crippen LogP contribution in [-0.4, -0.2) is 37.7 Å². The number of likely N-dealkylation sites (N-methyl/N-ethyl adjacent to an activating group) is 1. The van der Waals surface area contributed by atoms with Crippen LogP contribution in [0, 0.1) is 0 Å². The molecular formula is C12H16Cl2N2O. The lowest BCUT2D eigenvalue weighted by Crippen LogP contribution is -2.45. The van der Waals surface area contributed by atoms with Crippen molar-refractivity contribution in [3.63, 3.8) is 0 Å². The van der Waals surface area contributed by atoms with Gasteiger partial charge in [-0.05, 0) is 24.7 Å². The van der Waals surface area contributed by atoms with Crippen LogP contribution in [0.5, 0.6) is 0 Å². The first-order chi connectivity index (χ1) is 8.08. The normalized spacial score (nSPS) is 23.6. The fourth-order valence-corrected chi connectivity index (χ4v) is 2.27. The first kappa shape index (κ1) is 13.1. The number of rotatable bonds is 2. The Morgan fingerprint density at radius 2 is 2.18 bits per heavy atom. The van der Waals surface area contributed by atoms with E-state index in [1.165, 1.54) is 0 Å². The van der Waals surface area contributed by atoms with Crippen LogP contribution in [0.25, 0.3) is 0 Å². The van der Waals surface area contributed by atoms with E-state index < -0.39 is 0 Å². The number of hydrogen-bond acceptors (Lipinski definition) is 3. The van der Waals surface area contributed by atoms with Crippen molar-refractivity contribution in [2.24, 2.45) is 5.73 Å². The summed E-state index contributed by atoms with van der Waals surface area (Å²) in [5.74, 6) is 0. The van der Waals surface area contributed by atoms with Crippen LogP contribution in [0.1, 0.15) is 11.6 Å². The van der Waals surface area contributed by atoms with Gasteiger partial charge in [0.1, 0.15) is 0 Å². The van der Waals surface area contributed by atoms with Gasteiger partial charge >= 0.3 is 0 Å². The van der Waals surface area contributed by atoms with Crippen molar-refractivity contribution in [1.29, 1.82) is 0 Å². The van der Waals surface area contributed by atoms with Crippen LogP contribution in [0.4, 0.5) is 0 Å². The maximum atomic E-state index is 6.20. The van der Waals surface area contributed by atoms with Gasteiger partial charge in [0.2, 0.25) is 0 Å². The SMILES string of the molecule is CN1CCOC(C(N)c2ccc(Cl)c(Cl)c2)C1. The number of nitrogens with zero attached hydrogens (tertiary/aromatic N) is 1. The molecule has 1 heterocycles. The highest BCUT2D eigenvalue weighted by molar-refractivity contribution is 6.42. The molecule has 1 aromatic rings. The van der Waals surface area contributed by atoms with Gasteiger partial charge in [0.15, 0.2) is 0 Å². The molecule has 94 valence electrons. The third kappa shape index (κ3) is 3.12. The van der Waals surface area contributed by atoms with Crippen molar-refractivity contribution in [2.45, 2.75) is 12.1 Å². The zero-order valence-electron chi connectivity index (χ0n) is 9.70. The molecule has 2 rings (SSSR count). The highest BCUT2D eigenvalue weighted by atomic mass is 35.5. The number of nitrogens with two attached hydrogens (primary N) is 1. The van der Waals surface area contributed by atoms with Crippen molar-refractivity contribution in [1.82, 2.24) is 4.90 Å². The maximum absolute atomic E-state index is 6.20. The van der Waals surface area contributed by atoms with Crippen molar-refractivity contribution >= 4 is 23.2 Å². The van der Waals surface area contributed by atoms with Gasteiger partial charge in [-0.3, -0.25) is 0 Å². The second-order valence-electron chi connectivity index (χ2n) is 4.37. The van der Waals surface area contributed by atoms with Crippen LogP contribution < -0.4 is 5.73 Å². The molecule has 0 aliphatic carbocycles. The molecule has 0 amide bonds. The number of morpholine rings is 1. The quantitative estimate of drug-likeness (QED) is 0.900. The van der Waals surface area contributed by atoms with Crippen LogP contribution in [-0.2, 0) is 4.74 Å². The summed E-state index contributed by atoms with van der Waals surface area (Å²) >= 11 is 11.9. The largest absolute Gasteiger partial charge is 0.374 e. The monoisotopic (exact) mass is 274 g/mol. The lowest BCUT2D eigenvalue weighted by molar-refractivity contribution is -0.0326. The Morgan fingerprint density at radius 1 is 1.41 bits per heavy atom. The molecule has 1 saturated heterocycles. The van der Waals surface area contributed by atoms with E-state index in [9.17, 15) is 0 Å². The van der Waals surface area contributed by atoms with Crippen LogP contribution in [0.15, 0.2) is 18.2 Å². The summed E-state index contributed by atoms with van der Waals surface area (Å²) in [5.41, 5.74) is 7.16. The lowest BCUT2D eigenvalue weighted by Gasteiger charge is -2.33. The molecule has 17 heavy (non-hydrogen) atoms. The predicted octanol–water partition coefficient (Wildman–Crippen LogP) is 2.32. The van der Waals surface area contributed by atoms with Gasteiger partial charge in [0.25, 0.3) is 0 Å². The Morgan fingerprint density at radius 3 is 2.82 bits per heavy atom. The van der Waals surface area contributed by atoms with Gasteiger partial charge in [-0.25, -0.2) is 0 Å². The second kappa shape index (κ2) is 5.55. The molecule has 3 nitrogen and oxygen atoms in total. The molecule has 0 aromatic heterocycles. The van der Waals surface area contributed by atoms with E-state index in [-0.39, 0.29) is 12.1 Å². The average molecular weight is 275 g/mol.